The van der Waals surface area contributed by atoms with Gasteiger partial charge in [-0.25, -0.2) is 4.79 Å². The largest absolute Gasteiger partial charge is 0.458 e. The summed E-state index contributed by atoms with van der Waals surface area (Å²) in [7, 11) is 0. The number of aliphatic hydroxyl groups is 2. The first-order valence-corrected chi connectivity index (χ1v) is 14.2. The van der Waals surface area contributed by atoms with E-state index in [2.05, 4.69) is 0 Å². The molecule has 11 heteroatoms. The van der Waals surface area contributed by atoms with Crippen LogP contribution in [0.15, 0.2) is 12.2 Å². The summed E-state index contributed by atoms with van der Waals surface area (Å²) in [4.78, 5) is 54.3. The molecule has 10 nitrogen and oxygen atoms in total. The maximum atomic E-state index is 14.9. The van der Waals surface area contributed by atoms with Crippen molar-refractivity contribution in [1.82, 2.24) is 0 Å². The van der Waals surface area contributed by atoms with E-state index in [1.807, 2.05) is 0 Å². The average Bonchev–Trinajstić information content (AvgIpc) is 3.19. The predicted octanol–water partition coefficient (Wildman–Crippen LogP) is 0.969. The first-order valence-electron chi connectivity index (χ1n) is 13.8. The Morgan fingerprint density at radius 3 is 2.59 bits per heavy atom. The molecule has 8 rings (SSSR count). The standard InChI is InChI=1S/C28H31ClO10/c1-22-10-17-24(3)28-18(22)19(32)27(39-28,36-11-14(22)20(33)37-17)13-9-16(31)25(29)7-4-5-15(30)23(25,2)12(13)6-8-26(28,35)21(34)38-24/h4-5,12-14,16-18,31,35H,6-11H2,1-3H3/t12-,13+,14+,16+,17+,18-,22+,23-,24-,25-,26+,27+,28-/m0/s1. The summed E-state index contributed by atoms with van der Waals surface area (Å²) >= 11 is 7.12. The van der Waals surface area contributed by atoms with Gasteiger partial charge in [-0.3, -0.25) is 14.4 Å². The molecular formula is C28H31ClO10. The first kappa shape index (κ1) is 24.9. The molecule has 2 saturated carbocycles. The van der Waals surface area contributed by atoms with E-state index >= 15 is 0 Å². The number of rotatable bonds is 0. The summed E-state index contributed by atoms with van der Waals surface area (Å²) < 4.78 is 25.0. The van der Waals surface area contributed by atoms with Gasteiger partial charge >= 0.3 is 11.9 Å². The monoisotopic (exact) mass is 562 g/mol. The summed E-state index contributed by atoms with van der Waals surface area (Å²) in [6.45, 7) is 4.87. The van der Waals surface area contributed by atoms with Crippen LogP contribution in [0.25, 0.3) is 0 Å². The fourth-order valence-corrected chi connectivity index (χ4v) is 10.9. The summed E-state index contributed by atoms with van der Waals surface area (Å²) in [5.41, 5.74) is -8.24. The van der Waals surface area contributed by atoms with E-state index in [0.29, 0.717) is 0 Å². The highest BCUT2D eigenvalue weighted by Gasteiger charge is 2.93. The molecule has 8 aliphatic rings. The number of hydrogen-bond acceptors (Lipinski definition) is 10. The Balaban J connectivity index is 1.43. The highest BCUT2D eigenvalue weighted by atomic mass is 35.5. The van der Waals surface area contributed by atoms with E-state index in [1.165, 1.54) is 6.08 Å². The second kappa shape index (κ2) is 6.62. The number of esters is 2. The van der Waals surface area contributed by atoms with Crippen molar-refractivity contribution in [3.05, 3.63) is 12.2 Å². The Labute approximate surface area is 229 Å². The lowest BCUT2D eigenvalue weighted by atomic mass is 9.46. The first-order chi connectivity index (χ1) is 18.2. The lowest BCUT2D eigenvalue weighted by molar-refractivity contribution is -0.378. The molecular weight excluding hydrogens is 532 g/mol. The van der Waals surface area contributed by atoms with Crippen LogP contribution < -0.4 is 0 Å². The number of ether oxygens (including phenoxy) is 4. The third-order valence-corrected chi connectivity index (χ3v) is 13.4. The fraction of sp³-hybridized carbons (Fsp3) is 0.786. The van der Waals surface area contributed by atoms with Gasteiger partial charge in [0, 0.05) is 5.92 Å². The molecule has 5 aliphatic heterocycles. The maximum absolute atomic E-state index is 14.9. The van der Waals surface area contributed by atoms with Crippen LogP contribution in [0, 0.1) is 34.5 Å². The second-order valence-electron chi connectivity index (χ2n) is 13.7. The van der Waals surface area contributed by atoms with Crippen LogP contribution in [-0.2, 0) is 38.1 Å². The van der Waals surface area contributed by atoms with Crippen LogP contribution in [-0.4, -0.2) is 80.0 Å². The fourth-order valence-electron chi connectivity index (χ4n) is 10.5. The lowest BCUT2D eigenvalue weighted by Crippen LogP contribution is -2.79. The molecule has 5 saturated heterocycles. The van der Waals surface area contributed by atoms with Crippen molar-refractivity contribution in [2.75, 3.05) is 6.61 Å². The molecule has 2 N–H and O–H groups in total. The Morgan fingerprint density at radius 2 is 1.85 bits per heavy atom. The minimum atomic E-state index is -2.28. The number of alkyl halides is 1. The molecule has 39 heavy (non-hydrogen) atoms. The van der Waals surface area contributed by atoms with Crippen LogP contribution in [0.1, 0.15) is 52.9 Å². The number of halogens is 1. The van der Waals surface area contributed by atoms with Crippen molar-refractivity contribution in [3.8, 4) is 0 Å². The number of allylic oxidation sites excluding steroid dienone is 2. The van der Waals surface area contributed by atoms with E-state index in [9.17, 15) is 29.4 Å². The third kappa shape index (κ3) is 2.15. The number of ketones is 2. The number of aliphatic hydroxyl groups excluding tert-OH is 1. The van der Waals surface area contributed by atoms with Gasteiger partial charge in [0.25, 0.3) is 0 Å². The molecule has 5 heterocycles. The van der Waals surface area contributed by atoms with E-state index in [4.69, 9.17) is 30.5 Å². The molecule has 0 aromatic carbocycles. The molecule has 210 valence electrons. The smallest absolute Gasteiger partial charge is 0.342 e. The Bertz CT molecular complexity index is 1330. The van der Waals surface area contributed by atoms with Crippen LogP contribution in [0.2, 0.25) is 0 Å². The Hall–Kier alpha value is -1.85. The number of fused-ring (bicyclic) bond motifs is 5. The summed E-state index contributed by atoms with van der Waals surface area (Å²) in [6.07, 6.45) is 1.39. The summed E-state index contributed by atoms with van der Waals surface area (Å²) in [5, 5.41) is 24.0. The van der Waals surface area contributed by atoms with Crippen LogP contribution in [0.3, 0.4) is 0 Å². The van der Waals surface area contributed by atoms with Gasteiger partial charge in [0.05, 0.1) is 34.8 Å². The molecule has 2 spiro atoms. The van der Waals surface area contributed by atoms with Gasteiger partial charge in [-0.15, -0.1) is 11.6 Å². The van der Waals surface area contributed by atoms with Gasteiger partial charge in [0.2, 0.25) is 5.79 Å². The molecule has 7 fully saturated rings. The highest BCUT2D eigenvalue weighted by Crippen LogP contribution is 2.75. The van der Waals surface area contributed by atoms with Gasteiger partial charge in [-0.05, 0) is 56.4 Å². The van der Waals surface area contributed by atoms with Crippen molar-refractivity contribution in [3.63, 3.8) is 0 Å². The minimum absolute atomic E-state index is 0.00137. The molecule has 13 atom stereocenters. The van der Waals surface area contributed by atoms with Gasteiger partial charge in [0.1, 0.15) is 6.10 Å². The van der Waals surface area contributed by atoms with Gasteiger partial charge in [0.15, 0.2) is 28.4 Å². The van der Waals surface area contributed by atoms with Gasteiger partial charge in [-0.2, -0.15) is 0 Å². The zero-order valence-corrected chi connectivity index (χ0v) is 22.7. The Morgan fingerprint density at radius 1 is 1.10 bits per heavy atom. The molecule has 0 radical (unpaired) electrons. The van der Waals surface area contributed by atoms with Gasteiger partial charge in [-0.1, -0.05) is 19.9 Å². The average molecular weight is 563 g/mol. The van der Waals surface area contributed by atoms with E-state index in [-0.39, 0.29) is 44.5 Å². The van der Waals surface area contributed by atoms with Crippen molar-refractivity contribution in [2.45, 2.75) is 92.5 Å². The molecule has 5 bridgehead atoms. The minimum Gasteiger partial charge on any atom is -0.458 e. The highest BCUT2D eigenvalue weighted by molar-refractivity contribution is 6.28. The van der Waals surface area contributed by atoms with Crippen molar-refractivity contribution < 1.29 is 48.3 Å². The quantitative estimate of drug-likeness (QED) is 0.323. The summed E-state index contributed by atoms with van der Waals surface area (Å²) in [6, 6.07) is 0. The number of hydrogen-bond donors (Lipinski definition) is 2. The van der Waals surface area contributed by atoms with Crippen molar-refractivity contribution in [2.24, 2.45) is 34.5 Å². The third-order valence-electron chi connectivity index (χ3n) is 12.6. The topological polar surface area (TPSA) is 146 Å². The van der Waals surface area contributed by atoms with Crippen LogP contribution in [0.5, 0.6) is 0 Å². The zero-order valence-electron chi connectivity index (χ0n) is 21.9. The number of carbonyl (C=O) groups is 4. The van der Waals surface area contributed by atoms with Crippen LogP contribution >= 0.6 is 11.6 Å². The normalized spacial score (nSPS) is 62.0. The molecule has 0 aromatic rings. The molecule has 0 aromatic heterocycles. The van der Waals surface area contributed by atoms with E-state index in [1.54, 1.807) is 26.8 Å². The van der Waals surface area contributed by atoms with E-state index in [0.717, 1.165) is 0 Å². The Kier molecular flexibility index (Phi) is 4.23. The summed E-state index contributed by atoms with van der Waals surface area (Å²) in [5.74, 6) is -7.85. The van der Waals surface area contributed by atoms with Crippen LogP contribution in [0.4, 0.5) is 0 Å². The number of Topliss-reactive ketones (excluding diaryl/α,β-unsaturated/α-hetero) is 1. The molecule has 3 aliphatic carbocycles. The van der Waals surface area contributed by atoms with Gasteiger partial charge < -0.3 is 29.2 Å². The zero-order chi connectivity index (χ0) is 27.8. The maximum Gasteiger partial charge on any atom is 0.342 e. The number of carbonyl (C=O) groups excluding carboxylic acids is 4. The molecule has 0 unspecified atom stereocenters. The van der Waals surface area contributed by atoms with Crippen molar-refractivity contribution >= 4 is 35.1 Å². The predicted molar refractivity (Wildman–Crippen MR) is 129 cm³/mol. The van der Waals surface area contributed by atoms with Crippen molar-refractivity contribution in [1.29, 1.82) is 0 Å². The lowest BCUT2D eigenvalue weighted by Gasteiger charge is -2.64. The van der Waals surface area contributed by atoms with E-state index < -0.39 is 91.9 Å². The molecule has 0 amide bonds. The second-order valence-corrected chi connectivity index (χ2v) is 14.4. The SMILES string of the molecule is C[C@@]12C[C@H]3OC(=O)[C@H]1CO[C@]14O[C@]5([C@H]2C1=O)[C@@](O)(CC[C@H]1[C@H]4C[C@@H](O)[C@@]2(Cl)CC=CC(=O)[C@]12C)C(=O)O[C@@]35C.